The SMILES string of the molecule is CC(C)n1cc(NCc2cc(F)c(F)cc2F)cn1. The first kappa shape index (κ1) is 13.5. The Morgan fingerprint density at radius 2 is 1.84 bits per heavy atom. The van der Waals surface area contributed by atoms with Crippen LogP contribution in [-0.2, 0) is 6.54 Å². The number of aromatic nitrogens is 2. The second kappa shape index (κ2) is 5.34. The Hall–Kier alpha value is -1.98. The normalized spacial score (nSPS) is 11.1. The molecule has 2 aromatic rings. The lowest BCUT2D eigenvalue weighted by Crippen LogP contribution is -2.03. The molecule has 1 aromatic heterocycles. The van der Waals surface area contributed by atoms with Gasteiger partial charge < -0.3 is 5.32 Å². The van der Waals surface area contributed by atoms with E-state index in [1.54, 1.807) is 17.1 Å². The number of anilines is 1. The molecule has 1 aromatic carbocycles. The summed E-state index contributed by atoms with van der Waals surface area (Å²) in [4.78, 5) is 0. The maximum atomic E-state index is 13.4. The van der Waals surface area contributed by atoms with Crippen LogP contribution in [0.1, 0.15) is 25.5 Å². The van der Waals surface area contributed by atoms with Crippen molar-refractivity contribution in [2.24, 2.45) is 0 Å². The molecule has 0 fully saturated rings. The van der Waals surface area contributed by atoms with Crippen molar-refractivity contribution in [3.8, 4) is 0 Å². The number of benzene rings is 1. The summed E-state index contributed by atoms with van der Waals surface area (Å²) in [7, 11) is 0. The molecule has 1 heterocycles. The molecular weight excluding hydrogens is 255 g/mol. The van der Waals surface area contributed by atoms with E-state index >= 15 is 0 Å². The first-order valence-electron chi connectivity index (χ1n) is 5.89. The molecule has 0 unspecified atom stereocenters. The minimum atomic E-state index is -1.19. The van der Waals surface area contributed by atoms with E-state index in [0.717, 1.165) is 6.07 Å². The summed E-state index contributed by atoms with van der Waals surface area (Å²) in [6.07, 6.45) is 3.36. The highest BCUT2D eigenvalue weighted by molar-refractivity contribution is 5.39. The highest BCUT2D eigenvalue weighted by Crippen LogP contribution is 2.16. The molecule has 1 N–H and O–H groups in total. The first-order valence-corrected chi connectivity index (χ1v) is 5.89. The van der Waals surface area contributed by atoms with E-state index in [0.29, 0.717) is 11.8 Å². The molecular formula is C13H14F3N3. The average Bonchev–Trinajstić information content (AvgIpc) is 2.81. The second-order valence-electron chi connectivity index (χ2n) is 4.51. The van der Waals surface area contributed by atoms with Gasteiger partial charge in [0.05, 0.1) is 11.9 Å². The zero-order chi connectivity index (χ0) is 14.0. The molecule has 0 aliphatic rings. The second-order valence-corrected chi connectivity index (χ2v) is 4.51. The van der Waals surface area contributed by atoms with Crippen LogP contribution in [0.3, 0.4) is 0 Å². The van der Waals surface area contributed by atoms with Crippen molar-refractivity contribution < 1.29 is 13.2 Å². The lowest BCUT2D eigenvalue weighted by molar-refractivity contribution is 0.490. The van der Waals surface area contributed by atoms with Crippen LogP contribution in [0.2, 0.25) is 0 Å². The standard InChI is InChI=1S/C13H14F3N3/c1-8(2)19-7-10(6-18-19)17-5-9-3-12(15)13(16)4-11(9)14/h3-4,6-8,17H,5H2,1-2H3. The Morgan fingerprint density at radius 3 is 2.47 bits per heavy atom. The third-order valence-electron chi connectivity index (χ3n) is 2.70. The first-order chi connectivity index (χ1) is 8.97. The Labute approximate surface area is 109 Å². The van der Waals surface area contributed by atoms with E-state index in [1.165, 1.54) is 0 Å². The Kier molecular flexibility index (Phi) is 3.78. The zero-order valence-electron chi connectivity index (χ0n) is 10.6. The topological polar surface area (TPSA) is 29.9 Å². The van der Waals surface area contributed by atoms with Gasteiger partial charge in [-0.1, -0.05) is 0 Å². The molecule has 0 saturated heterocycles. The lowest BCUT2D eigenvalue weighted by atomic mass is 10.2. The van der Waals surface area contributed by atoms with Gasteiger partial charge in [-0.15, -0.1) is 0 Å². The predicted molar refractivity (Wildman–Crippen MR) is 66.3 cm³/mol. The van der Waals surface area contributed by atoms with Crippen molar-refractivity contribution in [3.05, 3.63) is 47.5 Å². The summed E-state index contributed by atoms with van der Waals surface area (Å²) in [5.41, 5.74) is 0.758. The van der Waals surface area contributed by atoms with Crippen molar-refractivity contribution in [1.82, 2.24) is 9.78 Å². The lowest BCUT2D eigenvalue weighted by Gasteiger charge is -2.06. The van der Waals surface area contributed by atoms with E-state index in [9.17, 15) is 13.2 Å². The molecule has 0 atom stereocenters. The minimum absolute atomic E-state index is 0.0623. The summed E-state index contributed by atoms with van der Waals surface area (Å²) in [5, 5.41) is 7.02. The van der Waals surface area contributed by atoms with Gasteiger partial charge in [-0.3, -0.25) is 4.68 Å². The molecule has 0 bridgehead atoms. The number of halogens is 3. The highest BCUT2D eigenvalue weighted by Gasteiger charge is 2.10. The molecule has 0 aliphatic heterocycles. The van der Waals surface area contributed by atoms with Crippen LogP contribution in [0.15, 0.2) is 24.5 Å². The van der Waals surface area contributed by atoms with Gasteiger partial charge in [0.25, 0.3) is 0 Å². The largest absolute Gasteiger partial charge is 0.378 e. The van der Waals surface area contributed by atoms with E-state index in [-0.39, 0.29) is 18.2 Å². The summed E-state index contributed by atoms with van der Waals surface area (Å²) in [5.74, 6) is -3.02. The molecule has 3 nitrogen and oxygen atoms in total. The van der Waals surface area contributed by atoms with Crippen LogP contribution in [0, 0.1) is 17.5 Å². The molecule has 19 heavy (non-hydrogen) atoms. The molecule has 0 aliphatic carbocycles. The van der Waals surface area contributed by atoms with Crippen molar-refractivity contribution in [3.63, 3.8) is 0 Å². The van der Waals surface area contributed by atoms with Crippen molar-refractivity contribution in [2.45, 2.75) is 26.4 Å². The van der Waals surface area contributed by atoms with Crippen LogP contribution in [-0.4, -0.2) is 9.78 Å². The van der Waals surface area contributed by atoms with Gasteiger partial charge >= 0.3 is 0 Å². The molecule has 0 radical (unpaired) electrons. The van der Waals surface area contributed by atoms with E-state index in [4.69, 9.17) is 0 Å². The molecule has 2 rings (SSSR count). The Balaban J connectivity index is 2.07. The summed E-state index contributed by atoms with van der Waals surface area (Å²) in [6, 6.07) is 1.62. The fraction of sp³-hybridized carbons (Fsp3) is 0.308. The minimum Gasteiger partial charge on any atom is -0.378 e. The average molecular weight is 269 g/mol. The molecule has 0 amide bonds. The molecule has 0 spiro atoms. The van der Waals surface area contributed by atoms with Crippen molar-refractivity contribution >= 4 is 5.69 Å². The molecule has 6 heteroatoms. The third kappa shape index (κ3) is 3.07. The van der Waals surface area contributed by atoms with Crippen molar-refractivity contribution in [2.75, 3.05) is 5.32 Å². The monoisotopic (exact) mass is 269 g/mol. The third-order valence-corrected chi connectivity index (χ3v) is 2.70. The van der Waals surface area contributed by atoms with Gasteiger partial charge in [-0.2, -0.15) is 5.10 Å². The van der Waals surface area contributed by atoms with Gasteiger partial charge in [0.15, 0.2) is 11.6 Å². The fourth-order valence-electron chi connectivity index (χ4n) is 1.61. The van der Waals surface area contributed by atoms with Crippen LogP contribution in [0.4, 0.5) is 18.9 Å². The zero-order valence-corrected chi connectivity index (χ0v) is 10.6. The predicted octanol–water partition coefficient (Wildman–Crippen LogP) is 3.49. The van der Waals surface area contributed by atoms with Gasteiger partial charge in [0.2, 0.25) is 0 Å². The maximum Gasteiger partial charge on any atom is 0.161 e. The van der Waals surface area contributed by atoms with E-state index < -0.39 is 17.5 Å². The van der Waals surface area contributed by atoms with Crippen LogP contribution in [0.25, 0.3) is 0 Å². The van der Waals surface area contributed by atoms with E-state index in [1.807, 2.05) is 13.8 Å². The van der Waals surface area contributed by atoms with E-state index in [2.05, 4.69) is 10.4 Å². The molecule has 0 saturated carbocycles. The Morgan fingerprint density at radius 1 is 1.16 bits per heavy atom. The van der Waals surface area contributed by atoms with Gasteiger partial charge in [-0.05, 0) is 19.9 Å². The quantitative estimate of drug-likeness (QED) is 0.861. The maximum absolute atomic E-state index is 13.4. The molecule has 102 valence electrons. The summed E-state index contributed by atoms with van der Waals surface area (Å²) < 4.78 is 40.9. The number of rotatable bonds is 4. The number of nitrogens with zero attached hydrogens (tertiary/aromatic N) is 2. The van der Waals surface area contributed by atoms with Crippen LogP contribution >= 0.6 is 0 Å². The van der Waals surface area contributed by atoms with Gasteiger partial charge in [-0.25, -0.2) is 13.2 Å². The fourth-order valence-corrected chi connectivity index (χ4v) is 1.61. The number of hydrogen-bond donors (Lipinski definition) is 1. The van der Waals surface area contributed by atoms with Crippen molar-refractivity contribution in [1.29, 1.82) is 0 Å². The highest BCUT2D eigenvalue weighted by atomic mass is 19.2. The van der Waals surface area contributed by atoms with Crippen LogP contribution in [0.5, 0.6) is 0 Å². The van der Waals surface area contributed by atoms with Crippen LogP contribution < -0.4 is 5.32 Å². The van der Waals surface area contributed by atoms with Gasteiger partial charge in [0.1, 0.15) is 5.82 Å². The number of hydrogen-bond acceptors (Lipinski definition) is 2. The number of nitrogens with one attached hydrogen (secondary N) is 1. The smallest absolute Gasteiger partial charge is 0.161 e. The summed E-state index contributed by atoms with van der Waals surface area (Å²) >= 11 is 0. The summed E-state index contributed by atoms with van der Waals surface area (Å²) in [6.45, 7) is 4.02. The van der Waals surface area contributed by atoms with Gasteiger partial charge in [0, 0.05) is 30.4 Å². The Bertz CT molecular complexity index is 579.